The number of fused-ring (bicyclic) bond motifs is 2. The molecule has 5 heteroatoms. The molecule has 4 rings (SSSR count). The Bertz CT molecular complexity index is 828. The molecule has 142 valence electrons. The maximum atomic E-state index is 12.7. The molecule has 2 fully saturated rings. The first-order chi connectivity index (χ1) is 13.2. The number of pyridine rings is 1. The van der Waals surface area contributed by atoms with Gasteiger partial charge in [0, 0.05) is 37.1 Å². The molecule has 1 aromatic heterocycles. The molecule has 1 aliphatic carbocycles. The molecule has 2 heterocycles. The number of benzene rings is 1. The van der Waals surface area contributed by atoms with E-state index in [-0.39, 0.29) is 11.8 Å². The average molecular weight is 365 g/mol. The van der Waals surface area contributed by atoms with Crippen LogP contribution < -0.4 is 5.32 Å². The second-order valence-corrected chi connectivity index (χ2v) is 7.73. The molecule has 1 saturated carbocycles. The van der Waals surface area contributed by atoms with Crippen molar-refractivity contribution in [1.29, 1.82) is 0 Å². The number of nitrogens with one attached hydrogen (secondary N) is 1. The van der Waals surface area contributed by atoms with Gasteiger partial charge in [0.05, 0.1) is 0 Å². The Kier molecular flexibility index (Phi) is 5.37. The lowest BCUT2D eigenvalue weighted by Crippen LogP contribution is -2.50. The summed E-state index contributed by atoms with van der Waals surface area (Å²) in [5.74, 6) is 0.650. The van der Waals surface area contributed by atoms with Crippen molar-refractivity contribution in [2.45, 2.75) is 51.0 Å². The number of hydrogen-bond acceptors (Lipinski definition) is 3. The monoisotopic (exact) mass is 365 g/mol. The predicted molar refractivity (Wildman–Crippen MR) is 105 cm³/mol. The molecule has 2 atom stereocenters. The minimum Gasteiger partial charge on any atom is -0.350 e. The van der Waals surface area contributed by atoms with Crippen LogP contribution in [0.3, 0.4) is 0 Å². The van der Waals surface area contributed by atoms with Gasteiger partial charge < -0.3 is 10.2 Å². The second-order valence-electron chi connectivity index (χ2n) is 7.73. The molecule has 2 unspecified atom stereocenters. The first kappa shape index (κ1) is 18.0. The fourth-order valence-corrected chi connectivity index (χ4v) is 4.75. The summed E-state index contributed by atoms with van der Waals surface area (Å²) in [5, 5.41) is 4.71. The van der Waals surface area contributed by atoms with Crippen molar-refractivity contribution < 1.29 is 9.59 Å². The van der Waals surface area contributed by atoms with E-state index in [0.717, 1.165) is 30.2 Å². The minimum absolute atomic E-state index is 0.178. The van der Waals surface area contributed by atoms with Crippen LogP contribution in [0.1, 0.15) is 55.4 Å². The number of likely N-dealkylation sites (tertiary alicyclic amines) is 1. The Morgan fingerprint density at radius 3 is 2.81 bits per heavy atom. The lowest BCUT2D eigenvalue weighted by Gasteiger charge is -2.44. The highest BCUT2D eigenvalue weighted by Crippen LogP contribution is 2.35. The summed E-state index contributed by atoms with van der Waals surface area (Å²) in [5.41, 5.74) is 0.422. The van der Waals surface area contributed by atoms with Crippen LogP contribution in [0.2, 0.25) is 0 Å². The van der Waals surface area contributed by atoms with Gasteiger partial charge in [-0.05, 0) is 43.1 Å². The van der Waals surface area contributed by atoms with Gasteiger partial charge in [-0.3, -0.25) is 14.6 Å². The highest BCUT2D eigenvalue weighted by molar-refractivity contribution is 6.05. The maximum absolute atomic E-state index is 12.7. The van der Waals surface area contributed by atoms with Crippen molar-refractivity contribution in [2.24, 2.45) is 5.92 Å². The van der Waals surface area contributed by atoms with Crippen LogP contribution >= 0.6 is 0 Å². The summed E-state index contributed by atoms with van der Waals surface area (Å²) in [6.45, 7) is 1.23. The van der Waals surface area contributed by atoms with E-state index in [4.69, 9.17) is 0 Å². The lowest BCUT2D eigenvalue weighted by molar-refractivity contribution is -0.137. The predicted octanol–water partition coefficient (Wildman–Crippen LogP) is 3.54. The maximum Gasteiger partial charge on any atom is 0.270 e. The molecule has 1 aromatic carbocycles. The standard InChI is InChI=1S/C22H27N3O2/c26-20(25-15-5-8-17-7-2-4-10-19(17)25)12-14-24-22(27)21-18-9-3-1-6-16(18)11-13-23-21/h1,3,6,9,11,13,17,19H,2,4-5,7-8,10,12,14-15H2,(H,24,27). The molecule has 0 radical (unpaired) electrons. The topological polar surface area (TPSA) is 62.3 Å². The Balaban J connectivity index is 1.35. The Labute approximate surface area is 160 Å². The first-order valence-electron chi connectivity index (χ1n) is 10.2. The fraction of sp³-hybridized carbons (Fsp3) is 0.500. The molecule has 27 heavy (non-hydrogen) atoms. The van der Waals surface area contributed by atoms with Gasteiger partial charge in [0.2, 0.25) is 5.91 Å². The van der Waals surface area contributed by atoms with Crippen LogP contribution in [0.4, 0.5) is 0 Å². The number of hydrogen-bond donors (Lipinski definition) is 1. The summed E-state index contributed by atoms with van der Waals surface area (Å²) < 4.78 is 0. The molecule has 2 aromatic rings. The second kappa shape index (κ2) is 8.07. The SMILES string of the molecule is O=C(NCCC(=O)N1CCCC2CCCCC21)c1nccc2ccccc12. The van der Waals surface area contributed by atoms with E-state index in [1.54, 1.807) is 6.20 Å². The molecule has 2 aliphatic rings. The lowest BCUT2D eigenvalue weighted by atomic mass is 9.78. The molecule has 1 aliphatic heterocycles. The van der Waals surface area contributed by atoms with Crippen molar-refractivity contribution in [2.75, 3.05) is 13.1 Å². The molecule has 0 spiro atoms. The number of piperidine rings is 1. The highest BCUT2D eigenvalue weighted by atomic mass is 16.2. The normalized spacial score (nSPS) is 22.3. The molecule has 5 nitrogen and oxygen atoms in total. The van der Waals surface area contributed by atoms with Gasteiger partial charge in [0.25, 0.3) is 5.91 Å². The van der Waals surface area contributed by atoms with Gasteiger partial charge >= 0.3 is 0 Å². The third kappa shape index (κ3) is 3.82. The summed E-state index contributed by atoms with van der Waals surface area (Å²) >= 11 is 0. The van der Waals surface area contributed by atoms with Crippen LogP contribution in [0, 0.1) is 5.92 Å². The summed E-state index contributed by atoms with van der Waals surface area (Å²) in [4.78, 5) is 31.6. The molecule has 2 amide bonds. The fourth-order valence-electron chi connectivity index (χ4n) is 4.75. The number of amides is 2. The zero-order valence-electron chi connectivity index (χ0n) is 15.7. The van der Waals surface area contributed by atoms with Crippen LogP contribution in [-0.2, 0) is 4.79 Å². The van der Waals surface area contributed by atoms with E-state index in [9.17, 15) is 9.59 Å². The van der Waals surface area contributed by atoms with E-state index < -0.39 is 0 Å². The van der Waals surface area contributed by atoms with Crippen LogP contribution in [0.25, 0.3) is 10.8 Å². The number of carbonyl (C=O) groups excluding carboxylic acids is 2. The third-order valence-electron chi connectivity index (χ3n) is 6.08. The van der Waals surface area contributed by atoms with Crippen molar-refractivity contribution >= 4 is 22.6 Å². The van der Waals surface area contributed by atoms with Gasteiger partial charge in [0.15, 0.2) is 0 Å². The number of nitrogens with zero attached hydrogens (tertiary/aromatic N) is 2. The quantitative estimate of drug-likeness (QED) is 0.901. The van der Waals surface area contributed by atoms with Crippen molar-refractivity contribution in [3.63, 3.8) is 0 Å². The third-order valence-corrected chi connectivity index (χ3v) is 6.08. The summed E-state index contributed by atoms with van der Waals surface area (Å²) in [6, 6.07) is 10.0. The van der Waals surface area contributed by atoms with Gasteiger partial charge in [0.1, 0.15) is 5.69 Å². The Morgan fingerprint density at radius 2 is 1.89 bits per heavy atom. The summed E-state index contributed by atoms with van der Waals surface area (Å²) in [6.07, 6.45) is 9.32. The zero-order chi connectivity index (χ0) is 18.6. The number of carbonyl (C=O) groups is 2. The van der Waals surface area contributed by atoms with Gasteiger partial charge in [-0.1, -0.05) is 37.1 Å². The number of rotatable bonds is 4. The van der Waals surface area contributed by atoms with Crippen molar-refractivity contribution in [3.05, 3.63) is 42.2 Å². The van der Waals surface area contributed by atoms with Crippen molar-refractivity contribution in [1.82, 2.24) is 15.2 Å². The van der Waals surface area contributed by atoms with E-state index in [1.165, 1.54) is 25.7 Å². The first-order valence-corrected chi connectivity index (χ1v) is 10.2. The summed E-state index contributed by atoms with van der Waals surface area (Å²) in [7, 11) is 0. The van der Waals surface area contributed by atoms with E-state index in [0.29, 0.717) is 30.6 Å². The van der Waals surface area contributed by atoms with E-state index >= 15 is 0 Å². The molecular formula is C22H27N3O2. The number of aromatic nitrogens is 1. The van der Waals surface area contributed by atoms with Crippen LogP contribution in [0.5, 0.6) is 0 Å². The largest absolute Gasteiger partial charge is 0.350 e. The van der Waals surface area contributed by atoms with Gasteiger partial charge in [-0.2, -0.15) is 0 Å². The average Bonchev–Trinajstić information content (AvgIpc) is 2.72. The molecule has 0 bridgehead atoms. The van der Waals surface area contributed by atoms with Gasteiger partial charge in [-0.25, -0.2) is 0 Å². The van der Waals surface area contributed by atoms with Crippen molar-refractivity contribution in [3.8, 4) is 0 Å². The zero-order valence-corrected chi connectivity index (χ0v) is 15.7. The van der Waals surface area contributed by atoms with E-state index in [1.807, 2.05) is 30.3 Å². The molecule has 1 N–H and O–H groups in total. The van der Waals surface area contributed by atoms with Crippen LogP contribution in [0.15, 0.2) is 36.5 Å². The Hall–Kier alpha value is -2.43. The van der Waals surface area contributed by atoms with Crippen LogP contribution in [-0.4, -0.2) is 40.8 Å². The van der Waals surface area contributed by atoms with E-state index in [2.05, 4.69) is 15.2 Å². The Morgan fingerprint density at radius 1 is 1.07 bits per heavy atom. The highest BCUT2D eigenvalue weighted by Gasteiger charge is 2.35. The molecular weight excluding hydrogens is 338 g/mol. The smallest absolute Gasteiger partial charge is 0.270 e. The molecule has 1 saturated heterocycles. The van der Waals surface area contributed by atoms with Gasteiger partial charge in [-0.15, -0.1) is 0 Å². The minimum atomic E-state index is -0.214.